The molecule has 6 heteroatoms. The summed E-state index contributed by atoms with van der Waals surface area (Å²) in [4.78, 5) is 25.8. The summed E-state index contributed by atoms with van der Waals surface area (Å²) in [5.74, 6) is -0.252. The van der Waals surface area contributed by atoms with E-state index in [2.05, 4.69) is 20.8 Å². The summed E-state index contributed by atoms with van der Waals surface area (Å²) in [5.41, 5.74) is 1.03. The topological polar surface area (TPSA) is 76.1 Å². The molecule has 0 radical (unpaired) electrons. The van der Waals surface area contributed by atoms with Gasteiger partial charge in [-0.05, 0) is 42.2 Å². The molecule has 0 saturated carbocycles. The maximum Gasteiger partial charge on any atom is 0.309 e. The highest BCUT2D eigenvalue weighted by molar-refractivity contribution is 5.78. The highest BCUT2D eigenvalue weighted by Gasteiger charge is 2.40. The first kappa shape index (κ1) is 20.6. The van der Waals surface area contributed by atoms with Crippen LogP contribution in [0.1, 0.15) is 45.6 Å². The summed E-state index contributed by atoms with van der Waals surface area (Å²) in [5, 5.41) is 9.35. The van der Waals surface area contributed by atoms with E-state index < -0.39 is 11.9 Å². The van der Waals surface area contributed by atoms with Crippen LogP contribution in [0, 0.1) is 11.8 Å². The number of carboxylic acids is 1. The molecule has 154 valence electrons. The second-order valence-electron chi connectivity index (χ2n) is 8.82. The molecular formula is C22H31NO5. The first-order valence-corrected chi connectivity index (χ1v) is 10.1. The van der Waals surface area contributed by atoms with Gasteiger partial charge in [0.05, 0.1) is 12.0 Å². The molecular weight excluding hydrogens is 358 g/mol. The van der Waals surface area contributed by atoms with Gasteiger partial charge in [0.15, 0.2) is 6.61 Å². The average molecular weight is 389 g/mol. The Labute approximate surface area is 166 Å². The Kier molecular flexibility index (Phi) is 6.28. The van der Waals surface area contributed by atoms with Gasteiger partial charge < -0.3 is 19.5 Å². The van der Waals surface area contributed by atoms with E-state index in [-0.39, 0.29) is 30.0 Å². The zero-order valence-corrected chi connectivity index (χ0v) is 17.0. The van der Waals surface area contributed by atoms with Crippen LogP contribution in [0.5, 0.6) is 5.75 Å². The van der Waals surface area contributed by atoms with Crippen LogP contribution < -0.4 is 4.74 Å². The first-order valence-electron chi connectivity index (χ1n) is 10.1. The van der Waals surface area contributed by atoms with Crippen molar-refractivity contribution < 1.29 is 24.2 Å². The third-order valence-electron chi connectivity index (χ3n) is 5.86. The minimum atomic E-state index is -0.771. The second-order valence-corrected chi connectivity index (χ2v) is 8.82. The number of nitrogens with zero attached hydrogens (tertiary/aromatic N) is 1. The van der Waals surface area contributed by atoms with Gasteiger partial charge in [-0.2, -0.15) is 0 Å². The normalized spacial score (nSPS) is 23.6. The van der Waals surface area contributed by atoms with Crippen LogP contribution in [0.3, 0.4) is 0 Å². The average Bonchev–Trinajstić information content (AvgIpc) is 3.16. The fourth-order valence-electron chi connectivity index (χ4n) is 4.26. The van der Waals surface area contributed by atoms with Crippen LogP contribution >= 0.6 is 0 Å². The lowest BCUT2D eigenvalue weighted by atomic mass is 9.84. The predicted molar refractivity (Wildman–Crippen MR) is 105 cm³/mol. The Bertz CT molecular complexity index is 703. The number of hydrogen-bond donors (Lipinski definition) is 1. The largest absolute Gasteiger partial charge is 0.483 e. The molecule has 0 bridgehead atoms. The van der Waals surface area contributed by atoms with Crippen molar-refractivity contribution in [3.63, 3.8) is 0 Å². The van der Waals surface area contributed by atoms with E-state index in [0.717, 1.165) is 24.2 Å². The van der Waals surface area contributed by atoms with Crippen LogP contribution in [-0.4, -0.2) is 54.3 Å². The number of carbonyl (C=O) groups is 2. The van der Waals surface area contributed by atoms with Crippen molar-refractivity contribution in [1.29, 1.82) is 0 Å². The van der Waals surface area contributed by atoms with Crippen LogP contribution in [0.25, 0.3) is 0 Å². The molecule has 0 aliphatic carbocycles. The molecule has 0 spiro atoms. The number of carbonyl (C=O) groups excluding carboxylic acids is 1. The summed E-state index contributed by atoms with van der Waals surface area (Å²) in [7, 11) is 0. The lowest BCUT2D eigenvalue weighted by molar-refractivity contribution is -0.146. The van der Waals surface area contributed by atoms with Crippen LogP contribution in [-0.2, 0) is 19.7 Å². The van der Waals surface area contributed by atoms with Crippen molar-refractivity contribution in [2.24, 2.45) is 11.8 Å². The van der Waals surface area contributed by atoms with E-state index in [1.165, 1.54) is 0 Å². The Hall–Kier alpha value is -2.08. The van der Waals surface area contributed by atoms with Gasteiger partial charge in [-0.3, -0.25) is 9.59 Å². The Morgan fingerprint density at radius 2 is 1.86 bits per heavy atom. The van der Waals surface area contributed by atoms with Gasteiger partial charge in [-0.1, -0.05) is 39.0 Å². The molecule has 2 aliphatic heterocycles. The standard InChI is InChI=1S/C22H31NO5/c1-22(2,3)17-6-4-5-7-18(17)28-14-19(24)23-11-8-15(9-12-23)20-16(21(25)26)10-13-27-20/h4-7,15-16,20H,8-14H2,1-3H3,(H,25,26)/t16?,20-/m0/s1. The molecule has 1 unspecified atom stereocenters. The molecule has 0 aromatic heterocycles. The van der Waals surface area contributed by atoms with Crippen molar-refractivity contribution >= 4 is 11.9 Å². The van der Waals surface area contributed by atoms with E-state index in [1.807, 2.05) is 29.2 Å². The number of amides is 1. The number of para-hydroxylation sites is 1. The Balaban J connectivity index is 1.52. The molecule has 1 aromatic rings. The van der Waals surface area contributed by atoms with E-state index in [0.29, 0.717) is 26.1 Å². The predicted octanol–water partition coefficient (Wildman–Crippen LogP) is 3.09. The van der Waals surface area contributed by atoms with Gasteiger partial charge in [-0.25, -0.2) is 0 Å². The third kappa shape index (κ3) is 4.66. The highest BCUT2D eigenvalue weighted by Crippen LogP contribution is 2.34. The van der Waals surface area contributed by atoms with Gasteiger partial charge in [0.1, 0.15) is 5.75 Å². The maximum atomic E-state index is 12.6. The second kappa shape index (κ2) is 8.52. The minimum absolute atomic E-state index is 0.0233. The molecule has 2 atom stereocenters. The first-order chi connectivity index (χ1) is 13.3. The maximum absolute atomic E-state index is 12.6. The number of rotatable bonds is 5. The monoisotopic (exact) mass is 389 g/mol. The number of ether oxygens (including phenoxy) is 2. The quantitative estimate of drug-likeness (QED) is 0.837. The molecule has 1 N–H and O–H groups in total. The summed E-state index contributed by atoms with van der Waals surface area (Å²) in [6, 6.07) is 7.84. The Morgan fingerprint density at radius 3 is 2.50 bits per heavy atom. The van der Waals surface area contributed by atoms with Gasteiger partial charge >= 0.3 is 5.97 Å². The van der Waals surface area contributed by atoms with Crippen molar-refractivity contribution in [3.05, 3.63) is 29.8 Å². The zero-order chi connectivity index (χ0) is 20.3. The summed E-state index contributed by atoms with van der Waals surface area (Å²) < 4.78 is 11.6. The lowest BCUT2D eigenvalue weighted by Crippen LogP contribution is -2.44. The van der Waals surface area contributed by atoms with Crippen molar-refractivity contribution in [1.82, 2.24) is 4.90 Å². The SMILES string of the molecule is CC(C)(C)c1ccccc1OCC(=O)N1CCC([C@@H]2OCCC2C(=O)O)CC1. The van der Waals surface area contributed by atoms with Crippen LogP contribution in [0.15, 0.2) is 24.3 Å². The fourth-order valence-corrected chi connectivity index (χ4v) is 4.26. The molecule has 1 aromatic carbocycles. The summed E-state index contributed by atoms with van der Waals surface area (Å²) in [6.07, 6.45) is 1.92. The van der Waals surface area contributed by atoms with Crippen molar-refractivity contribution in [2.75, 3.05) is 26.3 Å². The molecule has 3 rings (SSSR count). The van der Waals surface area contributed by atoms with Gasteiger partial charge in [0, 0.05) is 19.7 Å². The molecule has 2 heterocycles. The van der Waals surface area contributed by atoms with E-state index in [1.54, 1.807) is 0 Å². The third-order valence-corrected chi connectivity index (χ3v) is 5.86. The van der Waals surface area contributed by atoms with Crippen molar-refractivity contribution in [2.45, 2.75) is 51.6 Å². The number of piperidine rings is 1. The molecule has 2 aliphatic rings. The van der Waals surface area contributed by atoms with Gasteiger partial charge in [0.25, 0.3) is 5.91 Å². The Morgan fingerprint density at radius 1 is 1.18 bits per heavy atom. The minimum Gasteiger partial charge on any atom is -0.483 e. The van der Waals surface area contributed by atoms with Crippen LogP contribution in [0.4, 0.5) is 0 Å². The summed E-state index contributed by atoms with van der Waals surface area (Å²) in [6.45, 7) is 8.16. The van der Waals surface area contributed by atoms with E-state index >= 15 is 0 Å². The van der Waals surface area contributed by atoms with Gasteiger partial charge in [0.2, 0.25) is 0 Å². The zero-order valence-electron chi connectivity index (χ0n) is 17.0. The molecule has 6 nitrogen and oxygen atoms in total. The van der Waals surface area contributed by atoms with Gasteiger partial charge in [-0.15, -0.1) is 0 Å². The number of carboxylic acid groups (broad SMARTS) is 1. The molecule has 1 amide bonds. The number of hydrogen-bond acceptors (Lipinski definition) is 4. The summed E-state index contributed by atoms with van der Waals surface area (Å²) >= 11 is 0. The van der Waals surface area contributed by atoms with E-state index in [9.17, 15) is 14.7 Å². The number of likely N-dealkylation sites (tertiary alicyclic amines) is 1. The highest BCUT2D eigenvalue weighted by atomic mass is 16.5. The van der Waals surface area contributed by atoms with Crippen molar-refractivity contribution in [3.8, 4) is 5.75 Å². The number of benzene rings is 1. The van der Waals surface area contributed by atoms with Crippen LogP contribution in [0.2, 0.25) is 0 Å². The molecule has 2 fully saturated rings. The molecule has 28 heavy (non-hydrogen) atoms. The molecule has 2 saturated heterocycles. The van der Waals surface area contributed by atoms with E-state index in [4.69, 9.17) is 9.47 Å². The number of aliphatic carboxylic acids is 1. The fraction of sp³-hybridized carbons (Fsp3) is 0.636. The smallest absolute Gasteiger partial charge is 0.309 e. The lowest BCUT2D eigenvalue weighted by Gasteiger charge is -2.35.